The molecule has 1 heterocycles. The van der Waals surface area contributed by atoms with E-state index in [9.17, 15) is 4.79 Å². The first kappa shape index (κ1) is 20.5. The Balaban J connectivity index is 0. The first-order chi connectivity index (χ1) is 8.01. The average molecular weight is 308 g/mol. The summed E-state index contributed by atoms with van der Waals surface area (Å²) in [4.78, 5) is 18.3. The van der Waals surface area contributed by atoms with Crippen LogP contribution in [-0.4, -0.2) is 28.9 Å². The molecular formula is C13H23Cl2N3O. The molecule has 1 aromatic rings. The van der Waals surface area contributed by atoms with Crippen LogP contribution in [-0.2, 0) is 11.3 Å². The van der Waals surface area contributed by atoms with Gasteiger partial charge in [-0.05, 0) is 32.9 Å². The summed E-state index contributed by atoms with van der Waals surface area (Å²) in [5.74, 6) is 0.0770. The molecule has 0 aromatic carbocycles. The highest BCUT2D eigenvalue weighted by atomic mass is 35.5. The number of hydrogen-bond donors (Lipinski definition) is 1. The minimum Gasteiger partial charge on any atom is -0.337 e. The van der Waals surface area contributed by atoms with Crippen molar-refractivity contribution < 1.29 is 4.79 Å². The number of amides is 1. The summed E-state index contributed by atoms with van der Waals surface area (Å²) in [7, 11) is 0. The van der Waals surface area contributed by atoms with E-state index in [2.05, 4.69) is 4.98 Å². The maximum absolute atomic E-state index is 12.2. The van der Waals surface area contributed by atoms with Gasteiger partial charge in [0.05, 0.1) is 17.7 Å². The Morgan fingerprint density at radius 2 is 2.00 bits per heavy atom. The van der Waals surface area contributed by atoms with Crippen LogP contribution in [0.15, 0.2) is 24.4 Å². The summed E-state index contributed by atoms with van der Waals surface area (Å²) in [6.45, 7) is 7.27. The number of pyridine rings is 1. The summed E-state index contributed by atoms with van der Waals surface area (Å²) in [5, 5.41) is 0. The highest BCUT2D eigenvalue weighted by molar-refractivity contribution is 5.85. The SMILES string of the molecule is CCN(Cc1ccccn1)C(=O)C(C)(C)CN.Cl.Cl. The fourth-order valence-electron chi connectivity index (χ4n) is 1.53. The van der Waals surface area contributed by atoms with E-state index in [0.29, 0.717) is 19.6 Å². The molecule has 19 heavy (non-hydrogen) atoms. The van der Waals surface area contributed by atoms with Gasteiger partial charge in [-0.1, -0.05) is 6.07 Å². The van der Waals surface area contributed by atoms with Crippen molar-refractivity contribution in [3.63, 3.8) is 0 Å². The molecule has 0 aliphatic rings. The highest BCUT2D eigenvalue weighted by Gasteiger charge is 2.30. The van der Waals surface area contributed by atoms with Crippen molar-refractivity contribution in [2.45, 2.75) is 27.3 Å². The lowest BCUT2D eigenvalue weighted by Crippen LogP contribution is -2.44. The van der Waals surface area contributed by atoms with Crippen LogP contribution >= 0.6 is 24.8 Å². The fraction of sp³-hybridized carbons (Fsp3) is 0.538. The molecule has 0 unspecified atom stereocenters. The van der Waals surface area contributed by atoms with Gasteiger partial charge in [0.15, 0.2) is 0 Å². The van der Waals surface area contributed by atoms with Gasteiger partial charge in [0.25, 0.3) is 0 Å². The van der Waals surface area contributed by atoms with Gasteiger partial charge in [-0.15, -0.1) is 24.8 Å². The van der Waals surface area contributed by atoms with E-state index in [-0.39, 0.29) is 30.7 Å². The van der Waals surface area contributed by atoms with Gasteiger partial charge in [0, 0.05) is 19.3 Å². The average Bonchev–Trinajstić information content (AvgIpc) is 2.36. The van der Waals surface area contributed by atoms with E-state index in [1.807, 2.05) is 39.0 Å². The van der Waals surface area contributed by atoms with Gasteiger partial charge in [-0.2, -0.15) is 0 Å². The Kier molecular flexibility index (Phi) is 9.84. The second kappa shape index (κ2) is 9.13. The van der Waals surface area contributed by atoms with E-state index in [1.54, 1.807) is 11.1 Å². The smallest absolute Gasteiger partial charge is 0.229 e. The van der Waals surface area contributed by atoms with Crippen LogP contribution in [0.25, 0.3) is 0 Å². The molecule has 1 amide bonds. The third-order valence-electron chi connectivity index (χ3n) is 2.84. The predicted molar refractivity (Wildman–Crippen MR) is 82.7 cm³/mol. The zero-order valence-electron chi connectivity index (χ0n) is 11.6. The number of nitrogens with zero attached hydrogens (tertiary/aromatic N) is 2. The maximum atomic E-state index is 12.2. The van der Waals surface area contributed by atoms with Crippen molar-refractivity contribution in [2.75, 3.05) is 13.1 Å². The van der Waals surface area contributed by atoms with Gasteiger partial charge >= 0.3 is 0 Å². The Morgan fingerprint density at radius 3 is 2.42 bits per heavy atom. The number of carbonyl (C=O) groups excluding carboxylic acids is 1. The zero-order valence-corrected chi connectivity index (χ0v) is 13.3. The topological polar surface area (TPSA) is 59.2 Å². The van der Waals surface area contributed by atoms with Crippen LogP contribution in [0.2, 0.25) is 0 Å². The number of rotatable bonds is 5. The number of nitrogens with two attached hydrogens (primary N) is 1. The number of carbonyl (C=O) groups is 1. The Morgan fingerprint density at radius 1 is 1.37 bits per heavy atom. The second-order valence-electron chi connectivity index (χ2n) is 4.73. The van der Waals surface area contributed by atoms with Gasteiger partial charge in [0.1, 0.15) is 0 Å². The molecular weight excluding hydrogens is 285 g/mol. The van der Waals surface area contributed by atoms with Crippen molar-refractivity contribution in [1.29, 1.82) is 0 Å². The molecule has 2 N–H and O–H groups in total. The summed E-state index contributed by atoms with van der Waals surface area (Å²) in [5.41, 5.74) is 6.02. The highest BCUT2D eigenvalue weighted by Crippen LogP contribution is 2.18. The molecule has 1 aromatic heterocycles. The summed E-state index contributed by atoms with van der Waals surface area (Å²) in [6.07, 6.45) is 1.74. The number of hydrogen-bond acceptors (Lipinski definition) is 3. The molecule has 0 atom stereocenters. The van der Waals surface area contributed by atoms with Gasteiger partial charge in [-0.25, -0.2) is 0 Å². The van der Waals surface area contributed by atoms with Crippen molar-refractivity contribution in [1.82, 2.24) is 9.88 Å². The van der Waals surface area contributed by atoms with Gasteiger partial charge in [0.2, 0.25) is 5.91 Å². The zero-order chi connectivity index (χ0) is 12.9. The van der Waals surface area contributed by atoms with Gasteiger partial charge < -0.3 is 10.6 Å². The van der Waals surface area contributed by atoms with E-state index >= 15 is 0 Å². The van der Waals surface area contributed by atoms with Crippen molar-refractivity contribution in [3.8, 4) is 0 Å². The molecule has 0 radical (unpaired) electrons. The van der Waals surface area contributed by atoms with E-state index in [4.69, 9.17) is 5.73 Å². The lowest BCUT2D eigenvalue weighted by molar-refractivity contribution is -0.140. The first-order valence-electron chi connectivity index (χ1n) is 5.90. The lowest BCUT2D eigenvalue weighted by atomic mass is 9.92. The molecule has 4 nitrogen and oxygen atoms in total. The number of halogens is 2. The molecule has 0 fully saturated rings. The Bertz CT molecular complexity index is 371. The minimum atomic E-state index is -0.509. The van der Waals surface area contributed by atoms with Crippen LogP contribution in [0.4, 0.5) is 0 Å². The van der Waals surface area contributed by atoms with Crippen LogP contribution in [0.1, 0.15) is 26.5 Å². The molecule has 0 spiro atoms. The predicted octanol–water partition coefficient (Wildman–Crippen LogP) is 2.26. The molecule has 0 saturated heterocycles. The Labute approximate surface area is 127 Å². The molecule has 110 valence electrons. The fourth-order valence-corrected chi connectivity index (χ4v) is 1.53. The van der Waals surface area contributed by atoms with E-state index < -0.39 is 5.41 Å². The Hall–Kier alpha value is -0.840. The van der Waals surface area contributed by atoms with Crippen molar-refractivity contribution in [3.05, 3.63) is 30.1 Å². The van der Waals surface area contributed by atoms with Gasteiger partial charge in [-0.3, -0.25) is 9.78 Å². The largest absolute Gasteiger partial charge is 0.337 e. The third kappa shape index (κ3) is 5.76. The summed E-state index contributed by atoms with van der Waals surface area (Å²) < 4.78 is 0. The van der Waals surface area contributed by atoms with E-state index in [0.717, 1.165) is 5.69 Å². The molecule has 1 rings (SSSR count). The molecule has 0 bridgehead atoms. The second-order valence-corrected chi connectivity index (χ2v) is 4.73. The van der Waals surface area contributed by atoms with Crippen LogP contribution < -0.4 is 5.73 Å². The quantitative estimate of drug-likeness (QED) is 0.907. The molecule has 0 saturated carbocycles. The molecule has 6 heteroatoms. The third-order valence-corrected chi connectivity index (χ3v) is 2.84. The van der Waals surface area contributed by atoms with Crippen LogP contribution in [0, 0.1) is 5.41 Å². The van der Waals surface area contributed by atoms with Crippen LogP contribution in [0.5, 0.6) is 0 Å². The monoisotopic (exact) mass is 307 g/mol. The lowest BCUT2D eigenvalue weighted by Gasteiger charge is -2.30. The standard InChI is InChI=1S/C13H21N3O.2ClH/c1-4-16(12(17)13(2,3)10-14)9-11-7-5-6-8-15-11;;/h5-8H,4,9-10,14H2,1-3H3;2*1H. The van der Waals surface area contributed by atoms with Crippen LogP contribution in [0.3, 0.4) is 0 Å². The maximum Gasteiger partial charge on any atom is 0.229 e. The minimum absolute atomic E-state index is 0. The van der Waals surface area contributed by atoms with Crippen molar-refractivity contribution >= 4 is 30.7 Å². The summed E-state index contributed by atoms with van der Waals surface area (Å²) >= 11 is 0. The number of aromatic nitrogens is 1. The van der Waals surface area contributed by atoms with Crippen molar-refractivity contribution in [2.24, 2.45) is 11.1 Å². The first-order valence-corrected chi connectivity index (χ1v) is 5.90. The summed E-state index contributed by atoms with van der Waals surface area (Å²) in [6, 6.07) is 5.71. The van der Waals surface area contributed by atoms with E-state index in [1.165, 1.54) is 0 Å². The molecule has 0 aliphatic heterocycles. The molecule has 0 aliphatic carbocycles. The normalized spacial score (nSPS) is 10.1.